The van der Waals surface area contributed by atoms with Crippen molar-refractivity contribution in [2.75, 3.05) is 0 Å². The number of allylic oxidation sites excluding steroid dienone is 1. The quantitative estimate of drug-likeness (QED) is 0.226. The smallest absolute Gasteiger partial charge is 0.338 e. The Morgan fingerprint density at radius 3 is 1.61 bits per heavy atom. The van der Waals surface area contributed by atoms with Crippen LogP contribution >= 0.6 is 0 Å². The lowest BCUT2D eigenvalue weighted by atomic mass is 9.94. The average molecular weight is 439 g/mol. The third-order valence-corrected chi connectivity index (χ3v) is 4.87. The number of rotatable bonds is 7. The van der Waals surface area contributed by atoms with Gasteiger partial charge in [-0.15, -0.1) is 0 Å². The molecule has 0 heterocycles. The van der Waals surface area contributed by atoms with Crippen LogP contribution < -0.4 is 9.47 Å². The fourth-order valence-electron chi connectivity index (χ4n) is 3.13. The number of esters is 2. The zero-order valence-electron chi connectivity index (χ0n) is 19.1. The van der Waals surface area contributed by atoms with E-state index in [2.05, 4.69) is 31.4 Å². The van der Waals surface area contributed by atoms with E-state index in [1.807, 2.05) is 43.3 Å². The molecule has 3 rings (SSSR count). The maximum atomic E-state index is 11.7. The first-order valence-corrected chi connectivity index (χ1v) is 10.5. The van der Waals surface area contributed by atoms with Gasteiger partial charge in [-0.3, -0.25) is 0 Å². The molecule has 0 saturated carbocycles. The Labute approximate surface area is 194 Å². The molecule has 166 valence electrons. The molecule has 0 atom stereocenters. The van der Waals surface area contributed by atoms with E-state index < -0.39 is 11.9 Å². The summed E-state index contributed by atoms with van der Waals surface area (Å²) in [5, 5.41) is 0. The predicted molar refractivity (Wildman–Crippen MR) is 133 cm³/mol. The summed E-state index contributed by atoms with van der Waals surface area (Å²) < 4.78 is 10.5. The van der Waals surface area contributed by atoms with Crippen LogP contribution in [-0.2, 0) is 9.59 Å². The van der Waals surface area contributed by atoms with Crippen LogP contribution in [-0.4, -0.2) is 11.9 Å². The lowest BCUT2D eigenvalue weighted by molar-refractivity contribution is -0.130. The first-order valence-electron chi connectivity index (χ1n) is 10.5. The summed E-state index contributed by atoms with van der Waals surface area (Å²) in [6.07, 6.45) is 4.04. The summed E-state index contributed by atoms with van der Waals surface area (Å²) in [5.41, 5.74) is 5.87. The third kappa shape index (κ3) is 5.95. The molecular formula is C29H26O4. The number of carbonyl (C=O) groups excluding carboxylic acids is 2. The molecule has 0 saturated heterocycles. The number of benzene rings is 3. The van der Waals surface area contributed by atoms with Crippen LogP contribution in [0.4, 0.5) is 0 Å². The van der Waals surface area contributed by atoms with Crippen molar-refractivity contribution in [2.45, 2.75) is 20.8 Å². The van der Waals surface area contributed by atoms with Gasteiger partial charge < -0.3 is 9.47 Å². The molecule has 0 fully saturated rings. The Kier molecular flexibility index (Phi) is 7.42. The van der Waals surface area contributed by atoms with E-state index in [0.717, 1.165) is 27.8 Å². The molecule has 0 unspecified atom stereocenters. The van der Waals surface area contributed by atoms with Crippen LogP contribution in [0.5, 0.6) is 11.5 Å². The van der Waals surface area contributed by atoms with Crippen molar-refractivity contribution in [3.63, 3.8) is 0 Å². The minimum absolute atomic E-state index is 0.354. The zero-order chi connectivity index (χ0) is 24.0. The van der Waals surface area contributed by atoms with Crippen LogP contribution in [0, 0.1) is 0 Å². The van der Waals surface area contributed by atoms with Crippen LogP contribution in [0.3, 0.4) is 0 Å². The maximum absolute atomic E-state index is 11.7. The Balaban J connectivity index is 1.86. The molecule has 0 aliphatic heterocycles. The lowest BCUT2D eigenvalue weighted by Crippen LogP contribution is -2.07. The Bertz CT molecular complexity index is 1230. The first kappa shape index (κ1) is 23.5. The standard InChI is InChI=1S/C29H26O4/c1-6-7-24-18-23(21-8-13-25(14-9-21)32-28(30)19(2)3)12-17-27(24)22-10-15-26(16-11-22)33-29(31)20(4)5/h6-18H,2,4H2,1,3,5H3/b7-6+. The van der Waals surface area contributed by atoms with Gasteiger partial charge in [0.15, 0.2) is 0 Å². The first-order chi connectivity index (χ1) is 15.8. The highest BCUT2D eigenvalue weighted by Gasteiger charge is 2.10. The zero-order valence-corrected chi connectivity index (χ0v) is 19.1. The molecule has 0 aliphatic rings. The van der Waals surface area contributed by atoms with E-state index >= 15 is 0 Å². The second-order valence-corrected chi connectivity index (χ2v) is 7.69. The van der Waals surface area contributed by atoms with Crippen LogP contribution in [0.1, 0.15) is 26.3 Å². The largest absolute Gasteiger partial charge is 0.423 e. The van der Waals surface area contributed by atoms with E-state index in [0.29, 0.717) is 22.6 Å². The summed E-state index contributed by atoms with van der Waals surface area (Å²) in [5.74, 6) is 0.0675. The van der Waals surface area contributed by atoms with Gasteiger partial charge in [-0.1, -0.05) is 61.7 Å². The van der Waals surface area contributed by atoms with Crippen LogP contribution in [0.2, 0.25) is 0 Å². The highest BCUT2D eigenvalue weighted by atomic mass is 16.5. The average Bonchev–Trinajstić information content (AvgIpc) is 2.80. The van der Waals surface area contributed by atoms with E-state index in [1.54, 1.807) is 38.1 Å². The SMILES string of the molecule is C=C(C)C(=O)Oc1ccc(-c2ccc(-c3ccc(OC(=O)C(=C)C)cc3)c(/C=C/C)c2)cc1. The third-order valence-electron chi connectivity index (χ3n) is 4.87. The topological polar surface area (TPSA) is 52.6 Å². The van der Waals surface area contributed by atoms with Crippen LogP contribution in [0.25, 0.3) is 28.3 Å². The Morgan fingerprint density at radius 1 is 0.697 bits per heavy atom. The van der Waals surface area contributed by atoms with Gasteiger partial charge in [0, 0.05) is 11.1 Å². The molecule has 0 aromatic heterocycles. The van der Waals surface area contributed by atoms with Crippen molar-refractivity contribution in [3.8, 4) is 33.8 Å². The van der Waals surface area contributed by atoms with E-state index in [9.17, 15) is 9.59 Å². The molecule has 0 aliphatic carbocycles. The highest BCUT2D eigenvalue weighted by molar-refractivity contribution is 5.89. The number of hydrogen-bond donors (Lipinski definition) is 0. The van der Waals surface area contributed by atoms with Gasteiger partial charge in [-0.05, 0) is 78.9 Å². The molecular weight excluding hydrogens is 412 g/mol. The van der Waals surface area contributed by atoms with Gasteiger partial charge in [-0.25, -0.2) is 9.59 Å². The second kappa shape index (κ2) is 10.4. The molecule has 4 nitrogen and oxygen atoms in total. The van der Waals surface area contributed by atoms with E-state index in [1.165, 1.54) is 0 Å². The Hall–Kier alpha value is -4.18. The molecule has 0 bridgehead atoms. The molecule has 0 amide bonds. The summed E-state index contributed by atoms with van der Waals surface area (Å²) in [7, 11) is 0. The van der Waals surface area contributed by atoms with Crippen molar-refractivity contribution >= 4 is 18.0 Å². The molecule has 0 spiro atoms. The van der Waals surface area contributed by atoms with Gasteiger partial charge >= 0.3 is 11.9 Å². The normalized spacial score (nSPS) is 10.6. The van der Waals surface area contributed by atoms with E-state index in [4.69, 9.17) is 9.47 Å². The Morgan fingerprint density at radius 2 is 1.15 bits per heavy atom. The van der Waals surface area contributed by atoms with Gasteiger partial charge in [0.25, 0.3) is 0 Å². The van der Waals surface area contributed by atoms with Gasteiger partial charge in [0.1, 0.15) is 11.5 Å². The molecule has 3 aromatic carbocycles. The van der Waals surface area contributed by atoms with E-state index in [-0.39, 0.29) is 0 Å². The second-order valence-electron chi connectivity index (χ2n) is 7.69. The minimum atomic E-state index is -0.442. The monoisotopic (exact) mass is 438 g/mol. The van der Waals surface area contributed by atoms with Crippen molar-refractivity contribution in [1.82, 2.24) is 0 Å². The molecule has 0 radical (unpaired) electrons. The van der Waals surface area contributed by atoms with Crippen molar-refractivity contribution in [1.29, 1.82) is 0 Å². The fraction of sp³-hybridized carbons (Fsp3) is 0.103. The molecule has 0 N–H and O–H groups in total. The summed E-state index contributed by atoms with van der Waals surface area (Å²) in [6.45, 7) is 12.4. The highest BCUT2D eigenvalue weighted by Crippen LogP contribution is 2.32. The predicted octanol–water partition coefficient (Wildman–Crippen LogP) is 7.02. The van der Waals surface area contributed by atoms with Crippen LogP contribution in [0.15, 0.2) is 97.1 Å². The molecule has 4 heteroatoms. The number of hydrogen-bond acceptors (Lipinski definition) is 4. The molecule has 3 aromatic rings. The van der Waals surface area contributed by atoms with Gasteiger partial charge in [0.05, 0.1) is 0 Å². The van der Waals surface area contributed by atoms with Gasteiger partial charge in [-0.2, -0.15) is 0 Å². The van der Waals surface area contributed by atoms with Crippen molar-refractivity contribution < 1.29 is 19.1 Å². The van der Waals surface area contributed by atoms with Crippen molar-refractivity contribution in [2.24, 2.45) is 0 Å². The maximum Gasteiger partial charge on any atom is 0.338 e. The molecule has 33 heavy (non-hydrogen) atoms. The lowest BCUT2D eigenvalue weighted by Gasteiger charge is -2.11. The summed E-state index contributed by atoms with van der Waals surface area (Å²) >= 11 is 0. The fourth-order valence-corrected chi connectivity index (χ4v) is 3.13. The minimum Gasteiger partial charge on any atom is -0.423 e. The van der Waals surface area contributed by atoms with Gasteiger partial charge in [0.2, 0.25) is 0 Å². The summed E-state index contributed by atoms with van der Waals surface area (Å²) in [4.78, 5) is 23.4. The van der Waals surface area contributed by atoms with Crippen molar-refractivity contribution in [3.05, 3.63) is 103 Å². The number of carbonyl (C=O) groups is 2. The summed E-state index contributed by atoms with van der Waals surface area (Å²) in [6, 6.07) is 21.0. The number of ether oxygens (including phenoxy) is 2.